The van der Waals surface area contributed by atoms with E-state index >= 15 is 0 Å². The zero-order valence-electron chi connectivity index (χ0n) is 8.88. The Labute approximate surface area is 104 Å². The third-order valence-corrected chi connectivity index (χ3v) is 2.95. The molecule has 0 bridgehead atoms. The van der Waals surface area contributed by atoms with Crippen molar-refractivity contribution in [2.24, 2.45) is 11.1 Å². The zero-order valence-corrected chi connectivity index (χ0v) is 11.0. The quantitative estimate of drug-likeness (QED) is 0.840. The third-order valence-electron chi connectivity index (χ3n) is 2.23. The molecule has 0 aromatic heterocycles. The van der Waals surface area contributed by atoms with Crippen molar-refractivity contribution in [2.45, 2.75) is 13.8 Å². The van der Waals surface area contributed by atoms with Crippen LogP contribution in [0.5, 0.6) is 0 Å². The topological polar surface area (TPSA) is 55.1 Å². The predicted molar refractivity (Wildman–Crippen MR) is 70.6 cm³/mol. The molecular formula is C11H15IN2O. The van der Waals surface area contributed by atoms with Gasteiger partial charge in [0, 0.05) is 15.8 Å². The van der Waals surface area contributed by atoms with Crippen LogP contribution in [0.2, 0.25) is 0 Å². The van der Waals surface area contributed by atoms with Crippen LogP contribution in [0.1, 0.15) is 13.8 Å². The van der Waals surface area contributed by atoms with Crippen LogP contribution in [0.4, 0.5) is 5.69 Å². The van der Waals surface area contributed by atoms with E-state index in [1.807, 2.05) is 38.1 Å². The van der Waals surface area contributed by atoms with E-state index < -0.39 is 5.41 Å². The van der Waals surface area contributed by atoms with Gasteiger partial charge < -0.3 is 11.1 Å². The molecule has 0 fully saturated rings. The first-order valence-electron chi connectivity index (χ1n) is 4.73. The van der Waals surface area contributed by atoms with Crippen LogP contribution < -0.4 is 11.1 Å². The van der Waals surface area contributed by atoms with E-state index in [0.29, 0.717) is 6.54 Å². The minimum atomic E-state index is -0.525. The molecule has 82 valence electrons. The number of carbonyl (C=O) groups is 1. The number of carbonyl (C=O) groups excluding carboxylic acids is 1. The number of nitrogens with one attached hydrogen (secondary N) is 1. The molecule has 0 radical (unpaired) electrons. The highest BCUT2D eigenvalue weighted by atomic mass is 127. The minimum Gasteiger partial charge on any atom is -0.329 e. The van der Waals surface area contributed by atoms with E-state index in [1.54, 1.807) is 0 Å². The largest absolute Gasteiger partial charge is 0.329 e. The fourth-order valence-electron chi connectivity index (χ4n) is 0.926. The number of anilines is 1. The highest BCUT2D eigenvalue weighted by Crippen LogP contribution is 2.17. The molecule has 0 aliphatic rings. The van der Waals surface area contributed by atoms with Gasteiger partial charge in [0.15, 0.2) is 0 Å². The number of benzene rings is 1. The average Bonchev–Trinajstić information content (AvgIpc) is 2.21. The Morgan fingerprint density at radius 3 is 2.40 bits per heavy atom. The van der Waals surface area contributed by atoms with Crippen LogP contribution in [-0.2, 0) is 4.79 Å². The lowest BCUT2D eigenvalue weighted by atomic mass is 9.92. The van der Waals surface area contributed by atoms with Gasteiger partial charge in [-0.25, -0.2) is 0 Å². The van der Waals surface area contributed by atoms with Crippen molar-refractivity contribution in [3.8, 4) is 0 Å². The summed E-state index contributed by atoms with van der Waals surface area (Å²) in [5.41, 5.74) is 5.81. The summed E-state index contributed by atoms with van der Waals surface area (Å²) in [6, 6.07) is 7.66. The smallest absolute Gasteiger partial charge is 0.231 e. The van der Waals surface area contributed by atoms with Crippen LogP contribution in [0.15, 0.2) is 24.3 Å². The molecule has 1 aromatic rings. The van der Waals surface area contributed by atoms with Crippen LogP contribution in [0.25, 0.3) is 0 Å². The highest BCUT2D eigenvalue weighted by Gasteiger charge is 2.25. The van der Waals surface area contributed by atoms with Crippen LogP contribution in [0, 0.1) is 8.99 Å². The number of nitrogens with two attached hydrogens (primary N) is 1. The lowest BCUT2D eigenvalue weighted by molar-refractivity contribution is -0.123. The molecule has 3 nitrogen and oxygen atoms in total. The van der Waals surface area contributed by atoms with Gasteiger partial charge in [0.1, 0.15) is 0 Å². The number of rotatable bonds is 3. The summed E-state index contributed by atoms with van der Waals surface area (Å²) in [6.07, 6.45) is 0. The lowest BCUT2D eigenvalue weighted by Crippen LogP contribution is -2.37. The summed E-state index contributed by atoms with van der Waals surface area (Å²) >= 11 is 2.22. The lowest BCUT2D eigenvalue weighted by Gasteiger charge is -2.21. The van der Waals surface area contributed by atoms with E-state index in [4.69, 9.17) is 5.73 Å². The number of hydrogen-bond acceptors (Lipinski definition) is 2. The van der Waals surface area contributed by atoms with Crippen molar-refractivity contribution in [3.63, 3.8) is 0 Å². The Morgan fingerprint density at radius 1 is 1.40 bits per heavy atom. The first-order chi connectivity index (χ1) is 6.95. The Balaban J connectivity index is 2.71. The highest BCUT2D eigenvalue weighted by molar-refractivity contribution is 14.1. The molecular weight excluding hydrogens is 303 g/mol. The second-order valence-electron chi connectivity index (χ2n) is 4.05. The molecule has 0 heterocycles. The number of halogens is 1. The van der Waals surface area contributed by atoms with Gasteiger partial charge in [0.2, 0.25) is 5.91 Å². The second kappa shape index (κ2) is 4.94. The van der Waals surface area contributed by atoms with Crippen molar-refractivity contribution in [1.82, 2.24) is 0 Å². The van der Waals surface area contributed by atoms with Crippen molar-refractivity contribution < 1.29 is 4.79 Å². The molecule has 1 aromatic carbocycles. The van der Waals surface area contributed by atoms with Gasteiger partial charge in [-0.3, -0.25) is 4.79 Å². The van der Waals surface area contributed by atoms with Gasteiger partial charge in [0.05, 0.1) is 5.41 Å². The van der Waals surface area contributed by atoms with E-state index in [-0.39, 0.29) is 5.91 Å². The van der Waals surface area contributed by atoms with Crippen molar-refractivity contribution in [3.05, 3.63) is 27.8 Å². The molecule has 0 atom stereocenters. The molecule has 0 unspecified atom stereocenters. The fourth-order valence-corrected chi connectivity index (χ4v) is 1.29. The van der Waals surface area contributed by atoms with Gasteiger partial charge in [0.25, 0.3) is 0 Å². The van der Waals surface area contributed by atoms with Gasteiger partial charge in [-0.1, -0.05) is 0 Å². The molecule has 0 aliphatic carbocycles. The number of amides is 1. The minimum absolute atomic E-state index is 0.0498. The Hall–Kier alpha value is -0.620. The summed E-state index contributed by atoms with van der Waals surface area (Å²) in [5, 5.41) is 2.84. The van der Waals surface area contributed by atoms with E-state index in [9.17, 15) is 4.79 Å². The molecule has 0 saturated heterocycles. The van der Waals surface area contributed by atoms with E-state index in [0.717, 1.165) is 9.26 Å². The summed E-state index contributed by atoms with van der Waals surface area (Å²) < 4.78 is 1.14. The van der Waals surface area contributed by atoms with Crippen molar-refractivity contribution >= 4 is 34.2 Å². The summed E-state index contributed by atoms with van der Waals surface area (Å²) in [4.78, 5) is 11.8. The Kier molecular flexibility index (Phi) is 4.10. The molecule has 0 aliphatic heterocycles. The second-order valence-corrected chi connectivity index (χ2v) is 5.29. The summed E-state index contributed by atoms with van der Waals surface area (Å²) in [7, 11) is 0. The van der Waals surface area contributed by atoms with E-state index in [2.05, 4.69) is 27.9 Å². The normalized spacial score (nSPS) is 11.2. The molecule has 0 saturated carbocycles. The summed E-state index contributed by atoms with van der Waals surface area (Å²) in [5.74, 6) is -0.0498. The zero-order chi connectivity index (χ0) is 11.5. The molecule has 1 rings (SSSR count). The third kappa shape index (κ3) is 3.46. The fraction of sp³-hybridized carbons (Fsp3) is 0.364. The first-order valence-corrected chi connectivity index (χ1v) is 5.81. The van der Waals surface area contributed by atoms with E-state index in [1.165, 1.54) is 0 Å². The van der Waals surface area contributed by atoms with Gasteiger partial charge in [-0.15, -0.1) is 0 Å². The monoisotopic (exact) mass is 318 g/mol. The standard InChI is InChI=1S/C11H15IN2O/c1-11(2,7-13)10(15)14-9-5-3-8(12)4-6-9/h3-6H,7,13H2,1-2H3,(H,14,15). The van der Waals surface area contributed by atoms with Crippen LogP contribution in [-0.4, -0.2) is 12.5 Å². The Bertz CT molecular complexity index is 346. The summed E-state index contributed by atoms with van der Waals surface area (Å²) in [6.45, 7) is 3.99. The van der Waals surface area contributed by atoms with Crippen LogP contribution >= 0.6 is 22.6 Å². The van der Waals surface area contributed by atoms with Gasteiger partial charge >= 0.3 is 0 Å². The number of hydrogen-bond donors (Lipinski definition) is 2. The molecule has 3 N–H and O–H groups in total. The van der Waals surface area contributed by atoms with Crippen molar-refractivity contribution in [2.75, 3.05) is 11.9 Å². The maximum absolute atomic E-state index is 11.8. The molecule has 4 heteroatoms. The Morgan fingerprint density at radius 2 is 1.93 bits per heavy atom. The first kappa shape index (κ1) is 12.4. The van der Waals surface area contributed by atoms with Gasteiger partial charge in [-0.05, 0) is 60.7 Å². The maximum Gasteiger partial charge on any atom is 0.231 e. The molecule has 0 spiro atoms. The average molecular weight is 318 g/mol. The van der Waals surface area contributed by atoms with Crippen molar-refractivity contribution in [1.29, 1.82) is 0 Å². The van der Waals surface area contributed by atoms with Gasteiger partial charge in [-0.2, -0.15) is 0 Å². The SMILES string of the molecule is CC(C)(CN)C(=O)Nc1ccc(I)cc1. The van der Waals surface area contributed by atoms with Crippen LogP contribution in [0.3, 0.4) is 0 Å². The molecule has 15 heavy (non-hydrogen) atoms. The molecule has 1 amide bonds. The predicted octanol–water partition coefficient (Wildman–Crippen LogP) is 2.21. The maximum atomic E-state index is 11.8.